The minimum Gasteiger partial charge on any atom is -0.313 e. The van der Waals surface area contributed by atoms with Crippen molar-refractivity contribution in [2.75, 3.05) is 6.54 Å². The highest BCUT2D eigenvalue weighted by Gasteiger charge is 2.26. The number of rotatable bonds is 5. The van der Waals surface area contributed by atoms with Crippen molar-refractivity contribution in [1.82, 2.24) is 5.32 Å². The largest absolute Gasteiger partial charge is 0.313 e. The van der Waals surface area contributed by atoms with Gasteiger partial charge in [-0.3, -0.25) is 0 Å². The first kappa shape index (κ1) is 13.4. The maximum Gasteiger partial charge on any atom is 0.00953 e. The first-order chi connectivity index (χ1) is 8.33. The number of hydrogen-bond acceptors (Lipinski definition) is 1. The first-order valence-corrected chi connectivity index (χ1v) is 8.06. The van der Waals surface area contributed by atoms with E-state index in [0.717, 1.165) is 23.8 Å². The van der Waals surface area contributed by atoms with Crippen LogP contribution in [0.2, 0.25) is 0 Å². The number of nitrogens with one attached hydrogen (secondary N) is 1. The van der Waals surface area contributed by atoms with Crippen molar-refractivity contribution < 1.29 is 0 Å². The lowest BCUT2D eigenvalue weighted by Crippen LogP contribution is -2.36. The summed E-state index contributed by atoms with van der Waals surface area (Å²) in [6, 6.07) is 0.851. The second-order valence-electron chi connectivity index (χ2n) is 6.41. The molecule has 17 heavy (non-hydrogen) atoms. The van der Waals surface area contributed by atoms with E-state index in [4.69, 9.17) is 0 Å². The van der Waals surface area contributed by atoms with Crippen molar-refractivity contribution in [2.24, 2.45) is 17.8 Å². The van der Waals surface area contributed by atoms with E-state index in [1.54, 1.807) is 0 Å². The van der Waals surface area contributed by atoms with E-state index in [0.29, 0.717) is 0 Å². The lowest BCUT2D eigenvalue weighted by atomic mass is 9.80. The summed E-state index contributed by atoms with van der Waals surface area (Å²) < 4.78 is 0. The standard InChI is InChI=1S/C16H31N/c1-3-13-8-10-14(11-9-13)12-17-16-7-5-6-15(16)4-2/h13-17H,3-12H2,1-2H3. The van der Waals surface area contributed by atoms with Crippen LogP contribution in [-0.4, -0.2) is 12.6 Å². The smallest absolute Gasteiger partial charge is 0.00953 e. The highest BCUT2D eigenvalue weighted by Crippen LogP contribution is 2.32. The van der Waals surface area contributed by atoms with Crippen LogP contribution < -0.4 is 5.32 Å². The van der Waals surface area contributed by atoms with Crippen LogP contribution in [0.25, 0.3) is 0 Å². The lowest BCUT2D eigenvalue weighted by molar-refractivity contribution is 0.249. The monoisotopic (exact) mass is 237 g/mol. The third-order valence-corrected chi connectivity index (χ3v) is 5.40. The van der Waals surface area contributed by atoms with Crippen molar-refractivity contribution >= 4 is 0 Å². The first-order valence-electron chi connectivity index (χ1n) is 8.06. The van der Waals surface area contributed by atoms with Gasteiger partial charge in [-0.25, -0.2) is 0 Å². The molecule has 0 aromatic rings. The lowest BCUT2D eigenvalue weighted by Gasteiger charge is -2.30. The van der Waals surface area contributed by atoms with Gasteiger partial charge in [0.15, 0.2) is 0 Å². The molecule has 1 nitrogen and oxygen atoms in total. The predicted octanol–water partition coefficient (Wildman–Crippen LogP) is 4.37. The summed E-state index contributed by atoms with van der Waals surface area (Å²) >= 11 is 0. The zero-order valence-electron chi connectivity index (χ0n) is 11.9. The van der Waals surface area contributed by atoms with Crippen LogP contribution in [0.15, 0.2) is 0 Å². The Morgan fingerprint density at radius 3 is 2.18 bits per heavy atom. The molecule has 2 rings (SSSR count). The van der Waals surface area contributed by atoms with Gasteiger partial charge in [-0.05, 0) is 50.0 Å². The predicted molar refractivity (Wildman–Crippen MR) is 75.2 cm³/mol. The average molecular weight is 237 g/mol. The summed E-state index contributed by atoms with van der Waals surface area (Å²) in [6.45, 7) is 6.02. The van der Waals surface area contributed by atoms with E-state index >= 15 is 0 Å². The summed E-state index contributed by atoms with van der Waals surface area (Å²) in [4.78, 5) is 0. The van der Waals surface area contributed by atoms with Crippen LogP contribution in [0.4, 0.5) is 0 Å². The Balaban J connectivity index is 1.65. The van der Waals surface area contributed by atoms with Crippen LogP contribution in [0, 0.1) is 17.8 Å². The molecule has 0 saturated heterocycles. The van der Waals surface area contributed by atoms with E-state index < -0.39 is 0 Å². The number of hydrogen-bond donors (Lipinski definition) is 1. The zero-order chi connectivity index (χ0) is 12.1. The maximum absolute atomic E-state index is 3.89. The van der Waals surface area contributed by atoms with Crippen LogP contribution in [0.3, 0.4) is 0 Å². The van der Waals surface area contributed by atoms with Gasteiger partial charge in [-0.2, -0.15) is 0 Å². The molecule has 100 valence electrons. The molecule has 0 amide bonds. The van der Waals surface area contributed by atoms with Gasteiger partial charge in [-0.15, -0.1) is 0 Å². The van der Waals surface area contributed by atoms with Crippen molar-refractivity contribution in [1.29, 1.82) is 0 Å². The van der Waals surface area contributed by atoms with Crippen molar-refractivity contribution in [3.8, 4) is 0 Å². The molecule has 2 unspecified atom stereocenters. The summed E-state index contributed by atoms with van der Waals surface area (Å²) in [5.74, 6) is 3.00. The third kappa shape index (κ3) is 3.71. The third-order valence-electron chi connectivity index (χ3n) is 5.40. The van der Waals surface area contributed by atoms with Crippen molar-refractivity contribution in [3.63, 3.8) is 0 Å². The van der Waals surface area contributed by atoms with Crippen molar-refractivity contribution in [3.05, 3.63) is 0 Å². The van der Waals surface area contributed by atoms with E-state index in [-0.39, 0.29) is 0 Å². The maximum atomic E-state index is 3.89. The van der Waals surface area contributed by atoms with E-state index in [1.807, 2.05) is 0 Å². The molecule has 0 spiro atoms. The fraction of sp³-hybridized carbons (Fsp3) is 1.00. The Kier molecular flexibility index (Phi) is 5.34. The summed E-state index contributed by atoms with van der Waals surface area (Å²) in [6.07, 6.45) is 13.1. The SMILES string of the molecule is CCC1CCC(CNC2CCCC2CC)CC1. The van der Waals surface area contributed by atoms with Crippen LogP contribution in [0.5, 0.6) is 0 Å². The van der Waals surface area contributed by atoms with Gasteiger partial charge >= 0.3 is 0 Å². The summed E-state index contributed by atoms with van der Waals surface area (Å²) in [5, 5.41) is 3.89. The topological polar surface area (TPSA) is 12.0 Å². The molecular formula is C16H31N. The second kappa shape index (κ2) is 6.78. The van der Waals surface area contributed by atoms with Gasteiger partial charge in [0.2, 0.25) is 0 Å². The molecule has 2 fully saturated rings. The van der Waals surface area contributed by atoms with Gasteiger partial charge in [0.05, 0.1) is 0 Å². The van der Waals surface area contributed by atoms with Gasteiger partial charge in [0.1, 0.15) is 0 Å². The van der Waals surface area contributed by atoms with Gasteiger partial charge in [-0.1, -0.05) is 46.0 Å². The molecule has 2 aliphatic rings. The van der Waals surface area contributed by atoms with Crippen molar-refractivity contribution in [2.45, 2.75) is 77.7 Å². The Morgan fingerprint density at radius 1 is 0.824 bits per heavy atom. The highest BCUT2D eigenvalue weighted by molar-refractivity contribution is 4.83. The molecule has 0 aromatic heterocycles. The quantitative estimate of drug-likeness (QED) is 0.748. The van der Waals surface area contributed by atoms with E-state index in [9.17, 15) is 0 Å². The normalized spacial score (nSPS) is 38.5. The summed E-state index contributed by atoms with van der Waals surface area (Å²) in [7, 11) is 0. The fourth-order valence-corrected chi connectivity index (χ4v) is 3.96. The molecule has 0 radical (unpaired) electrons. The van der Waals surface area contributed by atoms with E-state index in [1.165, 1.54) is 64.3 Å². The molecule has 1 N–H and O–H groups in total. The van der Waals surface area contributed by atoms with Gasteiger partial charge in [0.25, 0.3) is 0 Å². The molecule has 2 aliphatic carbocycles. The Morgan fingerprint density at radius 2 is 1.53 bits per heavy atom. The molecule has 0 heterocycles. The fourth-order valence-electron chi connectivity index (χ4n) is 3.96. The van der Waals surface area contributed by atoms with Gasteiger partial charge < -0.3 is 5.32 Å². The molecule has 0 aliphatic heterocycles. The molecule has 2 saturated carbocycles. The minimum atomic E-state index is 0.851. The van der Waals surface area contributed by atoms with Crippen LogP contribution >= 0.6 is 0 Å². The molecule has 1 heteroatoms. The van der Waals surface area contributed by atoms with Crippen LogP contribution in [-0.2, 0) is 0 Å². The Hall–Kier alpha value is -0.0400. The second-order valence-corrected chi connectivity index (χ2v) is 6.41. The Labute approximate surface area is 108 Å². The molecular weight excluding hydrogens is 206 g/mol. The summed E-state index contributed by atoms with van der Waals surface area (Å²) in [5.41, 5.74) is 0. The minimum absolute atomic E-state index is 0.851. The average Bonchev–Trinajstić information content (AvgIpc) is 2.84. The molecule has 0 bridgehead atoms. The van der Waals surface area contributed by atoms with Crippen LogP contribution in [0.1, 0.15) is 71.6 Å². The molecule has 0 aromatic carbocycles. The Bertz CT molecular complexity index is 206. The molecule has 2 atom stereocenters. The highest BCUT2D eigenvalue weighted by atomic mass is 14.9. The van der Waals surface area contributed by atoms with Gasteiger partial charge in [0, 0.05) is 6.04 Å². The van der Waals surface area contributed by atoms with E-state index in [2.05, 4.69) is 19.2 Å². The zero-order valence-corrected chi connectivity index (χ0v) is 11.9.